The molecule has 2 aromatic carbocycles. The normalized spacial score (nSPS) is 13.9. The van der Waals surface area contributed by atoms with E-state index >= 15 is 0 Å². The molecule has 1 saturated carbocycles. The minimum absolute atomic E-state index is 0.103. The van der Waals surface area contributed by atoms with Gasteiger partial charge in [-0.15, -0.1) is 0 Å². The Balaban J connectivity index is 1.42. The van der Waals surface area contributed by atoms with Gasteiger partial charge in [-0.2, -0.15) is 13.2 Å². The number of carbonyl (C=O) groups excluding carboxylic acids is 2. The number of carbonyl (C=O) groups is 2. The van der Waals surface area contributed by atoms with E-state index in [9.17, 15) is 22.8 Å². The summed E-state index contributed by atoms with van der Waals surface area (Å²) in [5.74, 6) is -1.24. The highest BCUT2D eigenvalue weighted by Gasteiger charge is 2.31. The summed E-state index contributed by atoms with van der Waals surface area (Å²) in [4.78, 5) is 29.5. The van der Waals surface area contributed by atoms with E-state index in [0.29, 0.717) is 17.6 Å². The molecule has 0 bridgehead atoms. The van der Waals surface area contributed by atoms with Crippen molar-refractivity contribution in [1.29, 1.82) is 0 Å². The van der Waals surface area contributed by atoms with Crippen LogP contribution in [0.5, 0.6) is 0 Å². The van der Waals surface area contributed by atoms with Crippen molar-refractivity contribution >= 4 is 45.4 Å². The number of alkyl halides is 3. The van der Waals surface area contributed by atoms with Gasteiger partial charge in [-0.05, 0) is 49.2 Å². The highest BCUT2D eigenvalue weighted by Crippen LogP contribution is 2.30. The molecule has 4 rings (SSSR count). The van der Waals surface area contributed by atoms with Crippen molar-refractivity contribution in [3.8, 4) is 0 Å². The number of benzene rings is 2. The molecule has 11 heteroatoms. The summed E-state index contributed by atoms with van der Waals surface area (Å²) in [6.45, 7) is 0.628. The minimum Gasteiger partial charge on any atom is -0.322 e. The van der Waals surface area contributed by atoms with Crippen LogP contribution in [0.3, 0.4) is 0 Å². The van der Waals surface area contributed by atoms with E-state index in [2.05, 4.69) is 20.9 Å². The number of rotatable bonds is 7. The van der Waals surface area contributed by atoms with Crippen LogP contribution < -0.4 is 16.0 Å². The smallest absolute Gasteiger partial charge is 0.322 e. The summed E-state index contributed by atoms with van der Waals surface area (Å²) < 4.78 is 38.8. The quantitative estimate of drug-likeness (QED) is 0.367. The number of aromatic nitrogens is 1. The lowest BCUT2D eigenvalue weighted by Gasteiger charge is -2.25. The predicted molar refractivity (Wildman–Crippen MR) is 125 cm³/mol. The molecule has 0 unspecified atom stereocenters. The first kappa shape index (κ1) is 24.2. The zero-order valence-corrected chi connectivity index (χ0v) is 19.3. The van der Waals surface area contributed by atoms with Crippen molar-refractivity contribution in [2.24, 2.45) is 0 Å². The Morgan fingerprint density at radius 2 is 1.88 bits per heavy atom. The molecule has 0 aliphatic heterocycles. The Morgan fingerprint density at radius 1 is 1.09 bits per heavy atom. The van der Waals surface area contributed by atoms with Gasteiger partial charge in [-0.25, -0.2) is 4.98 Å². The monoisotopic (exact) mass is 508 g/mol. The van der Waals surface area contributed by atoms with Crippen LogP contribution in [-0.4, -0.2) is 22.8 Å². The molecule has 1 fully saturated rings. The van der Waals surface area contributed by atoms with Crippen LogP contribution >= 0.6 is 22.9 Å². The minimum atomic E-state index is -4.56. The maximum atomic E-state index is 12.9. The maximum Gasteiger partial charge on any atom is 0.416 e. The number of nitrogens with zero attached hydrogens (tertiary/aromatic N) is 1. The Morgan fingerprint density at radius 3 is 2.59 bits per heavy atom. The number of amides is 2. The van der Waals surface area contributed by atoms with E-state index in [1.54, 1.807) is 6.20 Å². The van der Waals surface area contributed by atoms with Gasteiger partial charge in [0.15, 0.2) is 0 Å². The van der Waals surface area contributed by atoms with Crippen molar-refractivity contribution in [3.63, 3.8) is 0 Å². The lowest BCUT2D eigenvalue weighted by molar-refractivity contribution is -0.137. The van der Waals surface area contributed by atoms with Crippen molar-refractivity contribution in [2.45, 2.75) is 38.0 Å². The van der Waals surface area contributed by atoms with E-state index in [1.807, 2.05) is 0 Å². The molecule has 0 saturated heterocycles. The number of nitrogens with one attached hydrogen (secondary N) is 3. The molecule has 1 aliphatic carbocycles. The van der Waals surface area contributed by atoms with Gasteiger partial charge < -0.3 is 16.0 Å². The number of halogens is 4. The van der Waals surface area contributed by atoms with Crippen molar-refractivity contribution in [2.75, 3.05) is 10.6 Å². The molecule has 0 atom stereocenters. The predicted octanol–water partition coefficient (Wildman–Crippen LogP) is 5.96. The fourth-order valence-electron chi connectivity index (χ4n) is 3.29. The molecule has 3 N–H and O–H groups in total. The Hall–Kier alpha value is -2.95. The first-order chi connectivity index (χ1) is 16.2. The highest BCUT2D eigenvalue weighted by molar-refractivity contribution is 7.15. The summed E-state index contributed by atoms with van der Waals surface area (Å²) >= 11 is 7.52. The zero-order valence-electron chi connectivity index (χ0n) is 17.7. The second-order valence-corrected chi connectivity index (χ2v) is 9.33. The summed E-state index contributed by atoms with van der Waals surface area (Å²) in [7, 11) is 0. The highest BCUT2D eigenvalue weighted by atomic mass is 35.5. The van der Waals surface area contributed by atoms with E-state index in [1.165, 1.54) is 42.0 Å². The second kappa shape index (κ2) is 10.1. The first-order valence-corrected chi connectivity index (χ1v) is 11.7. The number of anilines is 2. The molecular weight excluding hydrogens is 489 g/mol. The van der Waals surface area contributed by atoms with Crippen LogP contribution in [0.1, 0.15) is 50.5 Å². The topological polar surface area (TPSA) is 83.1 Å². The lowest BCUT2D eigenvalue weighted by atomic mass is 9.93. The third-order valence-electron chi connectivity index (χ3n) is 5.36. The third kappa shape index (κ3) is 5.94. The molecule has 0 radical (unpaired) electrons. The number of hydrogen-bond donors (Lipinski definition) is 3. The fraction of sp³-hybridized carbons (Fsp3) is 0.261. The van der Waals surface area contributed by atoms with Gasteiger partial charge in [0.2, 0.25) is 0 Å². The Labute approximate surface area is 202 Å². The molecule has 1 aliphatic rings. The average molecular weight is 509 g/mol. The van der Waals surface area contributed by atoms with Crippen molar-refractivity contribution in [3.05, 3.63) is 75.4 Å². The third-order valence-corrected chi connectivity index (χ3v) is 6.60. The van der Waals surface area contributed by atoms with Gasteiger partial charge in [0, 0.05) is 23.8 Å². The molecule has 6 nitrogen and oxygen atoms in total. The maximum absolute atomic E-state index is 12.9. The largest absolute Gasteiger partial charge is 0.416 e. The Bertz CT molecular complexity index is 1210. The summed E-state index contributed by atoms with van der Waals surface area (Å²) in [6.07, 6.45) is 0.554. The lowest BCUT2D eigenvalue weighted by Crippen LogP contribution is -2.34. The van der Waals surface area contributed by atoms with E-state index in [4.69, 9.17) is 11.6 Å². The first-order valence-electron chi connectivity index (χ1n) is 10.5. The molecule has 178 valence electrons. The SMILES string of the molecule is O=C(Nc1ccc(Cl)c(C(=O)Nc2cnc(CNC3CCC3)s2)c1)c1cccc(C(F)(F)F)c1. The van der Waals surface area contributed by atoms with Crippen LogP contribution in [0, 0.1) is 0 Å². The van der Waals surface area contributed by atoms with Gasteiger partial charge in [-0.3, -0.25) is 9.59 Å². The van der Waals surface area contributed by atoms with Crippen LogP contribution in [0.4, 0.5) is 23.9 Å². The van der Waals surface area contributed by atoms with Gasteiger partial charge in [-0.1, -0.05) is 35.4 Å². The standard InChI is InChI=1S/C23H20ClF3N4O2S/c24-18-8-7-16(30-21(32)13-3-1-4-14(9-13)23(25,26)27)10-17(18)22(33)31-20-12-29-19(34-20)11-28-15-5-2-6-15/h1,3-4,7-10,12,15,28H,2,5-6,11H2,(H,30,32)(H,31,33). The van der Waals surface area contributed by atoms with Crippen LogP contribution in [0.15, 0.2) is 48.7 Å². The van der Waals surface area contributed by atoms with E-state index in [0.717, 1.165) is 36.0 Å². The van der Waals surface area contributed by atoms with Crippen LogP contribution in [0.2, 0.25) is 5.02 Å². The van der Waals surface area contributed by atoms with Crippen molar-refractivity contribution in [1.82, 2.24) is 10.3 Å². The molecule has 1 heterocycles. The molecule has 3 aromatic rings. The molecule has 34 heavy (non-hydrogen) atoms. The van der Waals surface area contributed by atoms with Crippen LogP contribution in [-0.2, 0) is 12.7 Å². The van der Waals surface area contributed by atoms with E-state index in [-0.39, 0.29) is 21.8 Å². The number of thiazole rings is 1. The second-order valence-electron chi connectivity index (χ2n) is 7.81. The van der Waals surface area contributed by atoms with Gasteiger partial charge in [0.25, 0.3) is 11.8 Å². The van der Waals surface area contributed by atoms with Gasteiger partial charge in [0.1, 0.15) is 10.0 Å². The fourth-order valence-corrected chi connectivity index (χ4v) is 4.26. The summed E-state index contributed by atoms with van der Waals surface area (Å²) in [6, 6.07) is 8.85. The average Bonchev–Trinajstić information content (AvgIpc) is 3.20. The molecular formula is C23H20ClF3N4O2S. The summed E-state index contributed by atoms with van der Waals surface area (Å²) in [5.41, 5.74) is -0.774. The van der Waals surface area contributed by atoms with Gasteiger partial charge in [0.05, 0.1) is 22.3 Å². The Kier molecular flexibility index (Phi) is 7.20. The van der Waals surface area contributed by atoms with Crippen LogP contribution in [0.25, 0.3) is 0 Å². The van der Waals surface area contributed by atoms with Gasteiger partial charge >= 0.3 is 6.18 Å². The van der Waals surface area contributed by atoms with Crippen molar-refractivity contribution < 1.29 is 22.8 Å². The molecule has 2 amide bonds. The molecule has 1 aromatic heterocycles. The molecule has 0 spiro atoms. The van der Waals surface area contributed by atoms with E-state index < -0.39 is 23.6 Å². The summed E-state index contributed by atoms with van der Waals surface area (Å²) in [5, 5.41) is 10.2. The zero-order chi connectivity index (χ0) is 24.3. The number of hydrogen-bond acceptors (Lipinski definition) is 5.